The summed E-state index contributed by atoms with van der Waals surface area (Å²) in [5.74, 6) is 0. The van der Waals surface area contributed by atoms with Crippen molar-refractivity contribution < 1.29 is 0 Å². The zero-order valence-corrected chi connectivity index (χ0v) is 11.7. The van der Waals surface area contributed by atoms with E-state index in [4.69, 9.17) is 0 Å². The fraction of sp³-hybridized carbons (Fsp3) is 0.176. The van der Waals surface area contributed by atoms with Gasteiger partial charge in [-0.2, -0.15) is 5.10 Å². The third-order valence-electron chi connectivity index (χ3n) is 3.49. The van der Waals surface area contributed by atoms with Gasteiger partial charge < -0.3 is 0 Å². The summed E-state index contributed by atoms with van der Waals surface area (Å²) in [6.45, 7) is 4.23. The van der Waals surface area contributed by atoms with Crippen molar-refractivity contribution in [3.8, 4) is 22.4 Å². The number of hydrogen-bond acceptors (Lipinski definition) is 2. The SMILES string of the molecule is CCc1[nH]nc(-c2ccc(C)cc2)c1-c1ccncc1. The normalized spacial score (nSPS) is 10.7. The van der Waals surface area contributed by atoms with Crippen LogP contribution in [-0.2, 0) is 6.42 Å². The number of nitrogens with zero attached hydrogens (tertiary/aromatic N) is 2. The van der Waals surface area contributed by atoms with Crippen LogP contribution in [-0.4, -0.2) is 15.2 Å². The first-order valence-electron chi connectivity index (χ1n) is 6.84. The second-order valence-electron chi connectivity index (χ2n) is 4.88. The van der Waals surface area contributed by atoms with Gasteiger partial charge in [0.15, 0.2) is 0 Å². The van der Waals surface area contributed by atoms with E-state index in [0.717, 1.165) is 28.9 Å². The van der Waals surface area contributed by atoms with Gasteiger partial charge in [0.25, 0.3) is 0 Å². The Kier molecular flexibility index (Phi) is 3.33. The number of hydrogen-bond donors (Lipinski definition) is 1. The smallest absolute Gasteiger partial charge is 0.100 e. The summed E-state index contributed by atoms with van der Waals surface area (Å²) in [4.78, 5) is 4.09. The lowest BCUT2D eigenvalue weighted by molar-refractivity contribution is 0.977. The van der Waals surface area contributed by atoms with Crippen LogP contribution in [0.5, 0.6) is 0 Å². The molecule has 0 amide bonds. The first-order chi connectivity index (χ1) is 9.79. The van der Waals surface area contributed by atoms with Crippen LogP contribution in [0.15, 0.2) is 48.8 Å². The van der Waals surface area contributed by atoms with Crippen molar-refractivity contribution in [3.63, 3.8) is 0 Å². The maximum Gasteiger partial charge on any atom is 0.100 e. The molecular weight excluding hydrogens is 246 g/mol. The molecular formula is C17H17N3. The lowest BCUT2D eigenvalue weighted by Crippen LogP contribution is -1.87. The molecule has 2 aromatic heterocycles. The maximum absolute atomic E-state index is 4.52. The summed E-state index contributed by atoms with van der Waals surface area (Å²) in [5.41, 5.74) is 6.89. The van der Waals surface area contributed by atoms with E-state index in [-0.39, 0.29) is 0 Å². The molecule has 1 N–H and O–H groups in total. The topological polar surface area (TPSA) is 41.6 Å². The molecule has 100 valence electrons. The zero-order valence-electron chi connectivity index (χ0n) is 11.7. The average Bonchev–Trinajstić information content (AvgIpc) is 2.93. The third kappa shape index (κ3) is 2.23. The van der Waals surface area contributed by atoms with Gasteiger partial charge in [0.1, 0.15) is 5.69 Å². The van der Waals surface area contributed by atoms with E-state index < -0.39 is 0 Å². The number of aromatic amines is 1. The highest BCUT2D eigenvalue weighted by Crippen LogP contribution is 2.33. The molecule has 3 heteroatoms. The van der Waals surface area contributed by atoms with Gasteiger partial charge in [0, 0.05) is 29.2 Å². The highest BCUT2D eigenvalue weighted by molar-refractivity contribution is 5.82. The van der Waals surface area contributed by atoms with Gasteiger partial charge >= 0.3 is 0 Å². The molecule has 0 aliphatic rings. The predicted molar refractivity (Wildman–Crippen MR) is 81.4 cm³/mol. The largest absolute Gasteiger partial charge is 0.281 e. The quantitative estimate of drug-likeness (QED) is 0.775. The van der Waals surface area contributed by atoms with Gasteiger partial charge in [-0.05, 0) is 31.0 Å². The van der Waals surface area contributed by atoms with E-state index in [9.17, 15) is 0 Å². The molecule has 3 nitrogen and oxygen atoms in total. The van der Waals surface area contributed by atoms with E-state index >= 15 is 0 Å². The molecule has 0 unspecified atom stereocenters. The van der Waals surface area contributed by atoms with Gasteiger partial charge in [-0.3, -0.25) is 10.1 Å². The van der Waals surface area contributed by atoms with Crippen LogP contribution in [0, 0.1) is 6.92 Å². The number of aromatic nitrogens is 3. The molecule has 0 spiro atoms. The van der Waals surface area contributed by atoms with Crippen LogP contribution in [0.2, 0.25) is 0 Å². The molecule has 0 atom stereocenters. The van der Waals surface area contributed by atoms with Crippen LogP contribution in [0.25, 0.3) is 22.4 Å². The Bertz CT molecular complexity index is 697. The van der Waals surface area contributed by atoms with Crippen LogP contribution >= 0.6 is 0 Å². The molecule has 0 bridgehead atoms. The summed E-state index contributed by atoms with van der Waals surface area (Å²) in [6, 6.07) is 12.5. The Labute approximate surface area is 118 Å². The van der Waals surface area contributed by atoms with Crippen LogP contribution in [0.1, 0.15) is 18.2 Å². The van der Waals surface area contributed by atoms with Gasteiger partial charge in [0.05, 0.1) is 0 Å². The highest BCUT2D eigenvalue weighted by Gasteiger charge is 2.15. The molecule has 0 aliphatic carbocycles. The Balaban J connectivity index is 2.17. The fourth-order valence-corrected chi connectivity index (χ4v) is 2.38. The monoisotopic (exact) mass is 263 g/mol. The number of pyridine rings is 1. The molecule has 3 aromatic rings. The highest BCUT2D eigenvalue weighted by atomic mass is 15.1. The number of rotatable bonds is 3. The Hall–Kier alpha value is -2.42. The number of benzene rings is 1. The van der Waals surface area contributed by atoms with Gasteiger partial charge in [-0.1, -0.05) is 36.8 Å². The number of nitrogens with one attached hydrogen (secondary N) is 1. The average molecular weight is 263 g/mol. The summed E-state index contributed by atoms with van der Waals surface area (Å²) < 4.78 is 0. The Morgan fingerprint density at radius 1 is 0.950 bits per heavy atom. The van der Waals surface area contributed by atoms with Crippen molar-refractivity contribution in [1.82, 2.24) is 15.2 Å². The maximum atomic E-state index is 4.52. The molecule has 0 aliphatic heterocycles. The van der Waals surface area contributed by atoms with Crippen LogP contribution in [0.3, 0.4) is 0 Å². The first kappa shape index (κ1) is 12.6. The fourth-order valence-electron chi connectivity index (χ4n) is 2.38. The summed E-state index contributed by atoms with van der Waals surface area (Å²) in [7, 11) is 0. The van der Waals surface area contributed by atoms with E-state index in [1.807, 2.05) is 24.5 Å². The summed E-state index contributed by atoms with van der Waals surface area (Å²) in [5, 5.41) is 7.68. The van der Waals surface area contributed by atoms with Gasteiger partial charge in [-0.15, -0.1) is 0 Å². The minimum absolute atomic E-state index is 0.927. The Morgan fingerprint density at radius 2 is 1.65 bits per heavy atom. The Morgan fingerprint density at radius 3 is 2.30 bits per heavy atom. The molecule has 3 rings (SSSR count). The number of H-pyrrole nitrogens is 1. The molecule has 0 saturated carbocycles. The predicted octanol–water partition coefficient (Wildman–Crippen LogP) is 4.01. The lowest BCUT2D eigenvalue weighted by atomic mass is 9.98. The second kappa shape index (κ2) is 5.29. The van der Waals surface area contributed by atoms with Crippen LogP contribution < -0.4 is 0 Å². The standard InChI is InChI=1S/C17H17N3/c1-3-15-16(13-8-10-18-11-9-13)17(20-19-15)14-6-4-12(2)5-7-14/h4-11H,3H2,1-2H3,(H,19,20). The zero-order chi connectivity index (χ0) is 13.9. The molecule has 20 heavy (non-hydrogen) atoms. The second-order valence-corrected chi connectivity index (χ2v) is 4.88. The number of aryl methyl sites for hydroxylation is 2. The minimum atomic E-state index is 0.927. The van der Waals surface area contributed by atoms with E-state index in [1.54, 1.807) is 0 Å². The van der Waals surface area contributed by atoms with E-state index in [2.05, 4.69) is 53.3 Å². The first-order valence-corrected chi connectivity index (χ1v) is 6.84. The molecule has 0 saturated heterocycles. The molecule has 0 radical (unpaired) electrons. The summed E-state index contributed by atoms with van der Waals surface area (Å²) >= 11 is 0. The van der Waals surface area contributed by atoms with E-state index in [0.29, 0.717) is 0 Å². The van der Waals surface area contributed by atoms with Crippen molar-refractivity contribution in [1.29, 1.82) is 0 Å². The van der Waals surface area contributed by atoms with Crippen LogP contribution in [0.4, 0.5) is 0 Å². The van der Waals surface area contributed by atoms with Crippen molar-refractivity contribution in [2.24, 2.45) is 0 Å². The van der Waals surface area contributed by atoms with Crippen molar-refractivity contribution >= 4 is 0 Å². The van der Waals surface area contributed by atoms with Crippen molar-refractivity contribution in [2.75, 3.05) is 0 Å². The van der Waals surface area contributed by atoms with E-state index in [1.165, 1.54) is 11.1 Å². The minimum Gasteiger partial charge on any atom is -0.281 e. The molecule has 0 fully saturated rings. The molecule has 1 aromatic carbocycles. The van der Waals surface area contributed by atoms with Gasteiger partial charge in [0.2, 0.25) is 0 Å². The lowest BCUT2D eigenvalue weighted by Gasteiger charge is -2.05. The third-order valence-corrected chi connectivity index (χ3v) is 3.49. The van der Waals surface area contributed by atoms with Crippen molar-refractivity contribution in [3.05, 3.63) is 60.0 Å². The summed E-state index contributed by atoms with van der Waals surface area (Å²) in [6.07, 6.45) is 4.57. The van der Waals surface area contributed by atoms with Gasteiger partial charge in [-0.25, -0.2) is 0 Å². The van der Waals surface area contributed by atoms with Crippen molar-refractivity contribution in [2.45, 2.75) is 20.3 Å². The molecule has 2 heterocycles.